The van der Waals surface area contributed by atoms with Gasteiger partial charge < -0.3 is 16.0 Å². The molecule has 118 valence electrons. The molecule has 4 aliphatic carbocycles. The molecule has 1 aliphatic heterocycles. The number of rotatable bonds is 2. The zero-order valence-corrected chi connectivity index (χ0v) is 13.0. The molecule has 0 atom stereocenters. The van der Waals surface area contributed by atoms with Crippen LogP contribution in [0.25, 0.3) is 0 Å². The molecule has 2 amide bonds. The molecule has 0 unspecified atom stereocenters. The maximum Gasteiger partial charge on any atom is 0.317 e. The predicted octanol–water partition coefficient (Wildman–Crippen LogP) is 2.34. The fraction of sp³-hybridized carbons (Fsp3) is 0.941. The SMILES string of the molecule is NCC1CCN(C(=O)NC23CC4CC(CC(C4)C2)C3)CC1. The Morgan fingerprint density at radius 2 is 1.57 bits per heavy atom. The molecule has 1 heterocycles. The van der Waals surface area contributed by atoms with Crippen molar-refractivity contribution in [1.82, 2.24) is 10.2 Å². The molecule has 5 rings (SSSR count). The van der Waals surface area contributed by atoms with Crippen molar-refractivity contribution >= 4 is 6.03 Å². The van der Waals surface area contributed by atoms with Crippen LogP contribution in [0.5, 0.6) is 0 Å². The summed E-state index contributed by atoms with van der Waals surface area (Å²) in [6.07, 6.45) is 10.2. The summed E-state index contributed by atoms with van der Waals surface area (Å²) in [7, 11) is 0. The molecule has 4 heteroatoms. The minimum absolute atomic E-state index is 0.149. The number of hydrogen-bond acceptors (Lipinski definition) is 2. The van der Waals surface area contributed by atoms with E-state index in [1.807, 2.05) is 4.90 Å². The van der Waals surface area contributed by atoms with E-state index in [0.717, 1.165) is 50.2 Å². The first-order valence-corrected chi connectivity index (χ1v) is 8.93. The first kappa shape index (κ1) is 13.9. The average Bonchev–Trinajstić information content (AvgIpc) is 2.45. The van der Waals surface area contributed by atoms with Crippen molar-refractivity contribution in [3.8, 4) is 0 Å². The Kier molecular flexibility index (Phi) is 3.40. The van der Waals surface area contributed by atoms with Gasteiger partial charge in [0.2, 0.25) is 0 Å². The van der Waals surface area contributed by atoms with Crippen molar-refractivity contribution in [2.24, 2.45) is 29.4 Å². The zero-order valence-electron chi connectivity index (χ0n) is 13.0. The lowest BCUT2D eigenvalue weighted by atomic mass is 9.53. The molecule has 4 nitrogen and oxygen atoms in total. The number of nitrogens with two attached hydrogens (primary N) is 1. The van der Waals surface area contributed by atoms with Gasteiger partial charge in [-0.1, -0.05) is 0 Å². The summed E-state index contributed by atoms with van der Waals surface area (Å²) in [5, 5.41) is 3.48. The van der Waals surface area contributed by atoms with Crippen molar-refractivity contribution < 1.29 is 4.79 Å². The molecule has 0 aromatic rings. The highest BCUT2D eigenvalue weighted by molar-refractivity contribution is 5.75. The summed E-state index contributed by atoms with van der Waals surface area (Å²) >= 11 is 0. The molecule has 4 bridgehead atoms. The number of carbonyl (C=O) groups excluding carboxylic acids is 1. The van der Waals surface area contributed by atoms with Crippen LogP contribution in [-0.4, -0.2) is 36.1 Å². The van der Waals surface area contributed by atoms with Crippen LogP contribution in [-0.2, 0) is 0 Å². The van der Waals surface area contributed by atoms with Crippen LogP contribution in [0.15, 0.2) is 0 Å². The van der Waals surface area contributed by atoms with Crippen molar-refractivity contribution in [3.63, 3.8) is 0 Å². The highest BCUT2D eigenvalue weighted by atomic mass is 16.2. The standard InChI is InChI=1S/C17H29N3O/c18-11-12-1-3-20(4-2-12)16(21)19-17-8-13-5-14(9-17)7-15(6-13)10-17/h12-15H,1-11,18H2,(H,19,21). The summed E-state index contributed by atoms with van der Waals surface area (Å²) in [6, 6.07) is 0.201. The second-order valence-electron chi connectivity index (χ2n) is 8.29. The fourth-order valence-electron chi connectivity index (χ4n) is 5.94. The van der Waals surface area contributed by atoms with Crippen LogP contribution in [0.3, 0.4) is 0 Å². The van der Waals surface area contributed by atoms with Gasteiger partial charge in [0, 0.05) is 18.6 Å². The molecule has 0 aromatic carbocycles. The van der Waals surface area contributed by atoms with Crippen LogP contribution in [0, 0.1) is 23.7 Å². The van der Waals surface area contributed by atoms with Crippen LogP contribution < -0.4 is 11.1 Å². The molecule has 1 saturated heterocycles. The Balaban J connectivity index is 1.38. The summed E-state index contributed by atoms with van der Waals surface area (Å²) in [6.45, 7) is 2.55. The molecule has 5 fully saturated rings. The molecular weight excluding hydrogens is 262 g/mol. The van der Waals surface area contributed by atoms with E-state index in [4.69, 9.17) is 5.73 Å². The Morgan fingerprint density at radius 1 is 1.05 bits per heavy atom. The predicted molar refractivity (Wildman–Crippen MR) is 82.8 cm³/mol. The van der Waals surface area contributed by atoms with Crippen molar-refractivity contribution in [2.75, 3.05) is 19.6 Å². The Morgan fingerprint density at radius 3 is 2.05 bits per heavy atom. The van der Waals surface area contributed by atoms with Crippen LogP contribution in [0.1, 0.15) is 51.4 Å². The maximum absolute atomic E-state index is 12.7. The molecule has 21 heavy (non-hydrogen) atoms. The first-order chi connectivity index (χ1) is 10.2. The van der Waals surface area contributed by atoms with Gasteiger partial charge in [-0.2, -0.15) is 0 Å². The third-order valence-electron chi connectivity index (χ3n) is 6.65. The van der Waals surface area contributed by atoms with Crippen molar-refractivity contribution in [2.45, 2.75) is 56.9 Å². The number of urea groups is 1. The summed E-state index contributed by atoms with van der Waals surface area (Å²) in [5.41, 5.74) is 5.89. The molecule has 3 N–H and O–H groups in total. The number of likely N-dealkylation sites (tertiary alicyclic amines) is 1. The average molecular weight is 291 g/mol. The number of nitrogens with zero attached hydrogens (tertiary/aromatic N) is 1. The first-order valence-electron chi connectivity index (χ1n) is 8.93. The minimum atomic E-state index is 0.149. The van der Waals surface area contributed by atoms with E-state index in [1.54, 1.807) is 0 Å². The molecule has 4 saturated carbocycles. The summed E-state index contributed by atoms with van der Waals surface area (Å²) < 4.78 is 0. The maximum atomic E-state index is 12.7. The highest BCUT2D eigenvalue weighted by Crippen LogP contribution is 2.55. The number of carbonyl (C=O) groups is 1. The van der Waals surface area contributed by atoms with Gasteiger partial charge in [-0.3, -0.25) is 0 Å². The second kappa shape index (κ2) is 5.15. The summed E-state index contributed by atoms with van der Waals surface area (Å²) in [4.78, 5) is 14.7. The van der Waals surface area contributed by atoms with Gasteiger partial charge in [0.05, 0.1) is 0 Å². The van der Waals surface area contributed by atoms with Gasteiger partial charge in [-0.25, -0.2) is 4.79 Å². The van der Waals surface area contributed by atoms with E-state index in [1.165, 1.54) is 38.5 Å². The fourth-order valence-corrected chi connectivity index (χ4v) is 5.94. The smallest absolute Gasteiger partial charge is 0.317 e. The number of nitrogens with one attached hydrogen (secondary N) is 1. The van der Waals surface area contributed by atoms with Gasteiger partial charge in [-0.15, -0.1) is 0 Å². The van der Waals surface area contributed by atoms with Gasteiger partial charge in [-0.05, 0) is 81.6 Å². The normalized spacial score (nSPS) is 42.3. The topological polar surface area (TPSA) is 58.4 Å². The minimum Gasteiger partial charge on any atom is -0.333 e. The lowest BCUT2D eigenvalue weighted by Crippen LogP contribution is -2.62. The van der Waals surface area contributed by atoms with Gasteiger partial charge in [0.15, 0.2) is 0 Å². The monoisotopic (exact) mass is 291 g/mol. The van der Waals surface area contributed by atoms with Gasteiger partial charge in [0.1, 0.15) is 0 Å². The third-order valence-corrected chi connectivity index (χ3v) is 6.65. The van der Waals surface area contributed by atoms with E-state index >= 15 is 0 Å². The van der Waals surface area contributed by atoms with E-state index in [0.29, 0.717) is 5.92 Å². The lowest BCUT2D eigenvalue weighted by molar-refractivity contribution is -0.0161. The van der Waals surface area contributed by atoms with Crippen LogP contribution >= 0.6 is 0 Å². The summed E-state index contributed by atoms with van der Waals surface area (Å²) in [5.74, 6) is 3.28. The van der Waals surface area contributed by atoms with Gasteiger partial charge >= 0.3 is 6.03 Å². The van der Waals surface area contributed by atoms with Gasteiger partial charge in [0.25, 0.3) is 0 Å². The second-order valence-corrected chi connectivity index (χ2v) is 8.29. The zero-order chi connectivity index (χ0) is 14.4. The number of amides is 2. The number of piperidine rings is 1. The molecule has 0 radical (unpaired) electrons. The molecule has 5 aliphatic rings. The van der Waals surface area contributed by atoms with E-state index in [9.17, 15) is 4.79 Å². The molecular formula is C17H29N3O. The third kappa shape index (κ3) is 2.56. The van der Waals surface area contributed by atoms with E-state index in [2.05, 4.69) is 5.32 Å². The number of hydrogen-bond donors (Lipinski definition) is 2. The lowest BCUT2D eigenvalue weighted by Gasteiger charge is -2.57. The molecule has 0 aromatic heterocycles. The Hall–Kier alpha value is -0.770. The highest BCUT2D eigenvalue weighted by Gasteiger charge is 2.51. The van der Waals surface area contributed by atoms with Crippen molar-refractivity contribution in [3.05, 3.63) is 0 Å². The Labute approximate surface area is 127 Å². The van der Waals surface area contributed by atoms with E-state index < -0.39 is 0 Å². The Bertz CT molecular complexity index is 379. The van der Waals surface area contributed by atoms with E-state index in [-0.39, 0.29) is 11.6 Å². The van der Waals surface area contributed by atoms with Crippen LogP contribution in [0.2, 0.25) is 0 Å². The largest absolute Gasteiger partial charge is 0.333 e. The molecule has 0 spiro atoms. The quantitative estimate of drug-likeness (QED) is 0.820. The van der Waals surface area contributed by atoms with Crippen molar-refractivity contribution in [1.29, 1.82) is 0 Å². The van der Waals surface area contributed by atoms with Crippen LogP contribution in [0.4, 0.5) is 4.79 Å².